The predicted molar refractivity (Wildman–Crippen MR) is 91.7 cm³/mol. The summed E-state index contributed by atoms with van der Waals surface area (Å²) < 4.78 is 92.5. The van der Waals surface area contributed by atoms with Crippen LogP contribution in [0.4, 0.5) is 32.0 Å². The Bertz CT molecular complexity index is 976. The maximum absolute atomic E-state index is 12.9. The summed E-state index contributed by atoms with van der Waals surface area (Å²) in [7, 11) is -5.09. The van der Waals surface area contributed by atoms with E-state index in [1.807, 2.05) is 10.9 Å². The van der Waals surface area contributed by atoms with Crippen LogP contribution in [0, 0.1) is 0 Å². The molecule has 0 aliphatic heterocycles. The summed E-state index contributed by atoms with van der Waals surface area (Å²) in [5.41, 5.74) is -0.863. The second-order valence-electron chi connectivity index (χ2n) is 5.60. The van der Waals surface area contributed by atoms with E-state index in [1.165, 1.54) is 0 Å². The van der Waals surface area contributed by atoms with Gasteiger partial charge in [-0.15, -0.1) is 0 Å². The van der Waals surface area contributed by atoms with E-state index >= 15 is 0 Å². The number of carbonyl (C=O) groups is 1. The van der Waals surface area contributed by atoms with Crippen LogP contribution in [0.15, 0.2) is 36.4 Å². The van der Waals surface area contributed by atoms with Crippen molar-refractivity contribution in [3.63, 3.8) is 0 Å². The lowest BCUT2D eigenvalue weighted by Gasteiger charge is -2.16. The maximum Gasteiger partial charge on any atom is 0.524 e. The molecule has 2 aromatic carbocycles. The van der Waals surface area contributed by atoms with Gasteiger partial charge in [-0.05, 0) is 36.4 Å². The first-order chi connectivity index (χ1) is 13.6. The lowest BCUT2D eigenvalue weighted by molar-refractivity contribution is -0.143. The summed E-state index contributed by atoms with van der Waals surface area (Å²) in [6, 6.07) is 3.51. The quantitative estimate of drug-likeness (QED) is 0.284. The molecule has 1 amide bonds. The molecule has 0 aliphatic carbocycles. The fourth-order valence-electron chi connectivity index (χ4n) is 2.11. The van der Waals surface area contributed by atoms with Crippen molar-refractivity contribution in [3.8, 4) is 5.75 Å². The molecule has 0 unspecified atom stereocenters. The second-order valence-corrected chi connectivity index (χ2v) is 7.20. The zero-order chi connectivity index (χ0) is 22.9. The minimum atomic E-state index is -5.10. The zero-order valence-corrected chi connectivity index (χ0v) is 15.8. The standard InChI is InChI=1S/C15H10ClF6N2O5P/c16-9-1-2-12(29-30(26,27)28)11(6-9)13(25)24-23-10-4-7(14(17,18)19)3-8(5-10)15(20,21)22/h1-6,23H,(H,24,25)(H2,26,27,28). The summed E-state index contributed by atoms with van der Waals surface area (Å²) >= 11 is 5.69. The van der Waals surface area contributed by atoms with Gasteiger partial charge in [0.25, 0.3) is 5.91 Å². The average Bonchev–Trinajstić information content (AvgIpc) is 2.58. The van der Waals surface area contributed by atoms with E-state index in [0.717, 1.165) is 18.2 Å². The molecule has 30 heavy (non-hydrogen) atoms. The van der Waals surface area contributed by atoms with Crippen LogP contribution >= 0.6 is 19.4 Å². The lowest BCUT2D eigenvalue weighted by atomic mass is 10.1. The van der Waals surface area contributed by atoms with Crippen molar-refractivity contribution < 1.29 is 50.0 Å². The first kappa shape index (κ1) is 23.8. The van der Waals surface area contributed by atoms with Gasteiger partial charge < -0.3 is 4.52 Å². The van der Waals surface area contributed by atoms with Crippen molar-refractivity contribution >= 4 is 31.0 Å². The highest BCUT2D eigenvalue weighted by Gasteiger charge is 2.37. The molecule has 0 atom stereocenters. The molecule has 0 saturated heterocycles. The van der Waals surface area contributed by atoms with E-state index in [2.05, 4.69) is 4.52 Å². The van der Waals surface area contributed by atoms with Gasteiger partial charge in [0.1, 0.15) is 5.75 Å². The van der Waals surface area contributed by atoms with E-state index in [9.17, 15) is 35.7 Å². The third-order valence-corrected chi connectivity index (χ3v) is 3.98. The minimum Gasteiger partial charge on any atom is -0.403 e. The summed E-state index contributed by atoms with van der Waals surface area (Å²) in [5.74, 6) is -1.85. The van der Waals surface area contributed by atoms with Gasteiger partial charge >= 0.3 is 20.2 Å². The highest BCUT2D eigenvalue weighted by atomic mass is 35.5. The normalized spacial score (nSPS) is 12.4. The Balaban J connectivity index is 2.33. The number of halogens is 7. The van der Waals surface area contributed by atoms with E-state index in [-0.39, 0.29) is 11.1 Å². The van der Waals surface area contributed by atoms with E-state index < -0.39 is 54.2 Å². The van der Waals surface area contributed by atoms with Crippen LogP contribution in [-0.2, 0) is 16.9 Å². The number of amides is 1. The molecule has 7 nitrogen and oxygen atoms in total. The van der Waals surface area contributed by atoms with Gasteiger partial charge in [-0.3, -0.25) is 25.4 Å². The van der Waals surface area contributed by atoms with Crippen LogP contribution in [0.2, 0.25) is 5.02 Å². The maximum atomic E-state index is 12.9. The summed E-state index contributed by atoms with van der Waals surface area (Å²) in [5, 5.41) is -0.0726. The smallest absolute Gasteiger partial charge is 0.403 e. The number of rotatable bonds is 5. The molecule has 0 fully saturated rings. The van der Waals surface area contributed by atoms with Gasteiger partial charge in [-0.1, -0.05) is 11.6 Å². The number of hydrazine groups is 1. The molecule has 0 bridgehead atoms. The highest BCUT2D eigenvalue weighted by Crippen LogP contribution is 2.40. The van der Waals surface area contributed by atoms with Gasteiger partial charge in [0, 0.05) is 5.02 Å². The number of hydrogen-bond donors (Lipinski definition) is 4. The van der Waals surface area contributed by atoms with Crippen LogP contribution < -0.4 is 15.4 Å². The monoisotopic (exact) mass is 478 g/mol. The molecule has 0 radical (unpaired) electrons. The molecule has 0 saturated carbocycles. The Morgan fingerprint density at radius 2 is 1.50 bits per heavy atom. The van der Waals surface area contributed by atoms with Crippen LogP contribution in [0.25, 0.3) is 0 Å². The molecule has 15 heteroatoms. The number of hydrogen-bond acceptors (Lipinski definition) is 4. The Hall–Kier alpha value is -2.47. The Morgan fingerprint density at radius 1 is 0.967 bits per heavy atom. The van der Waals surface area contributed by atoms with Crippen molar-refractivity contribution in [2.45, 2.75) is 12.4 Å². The Labute approximate surface area is 168 Å². The minimum absolute atomic E-state index is 0.0726. The number of phosphoric ester groups is 1. The fraction of sp³-hybridized carbons (Fsp3) is 0.133. The lowest BCUT2D eigenvalue weighted by Crippen LogP contribution is -2.30. The van der Waals surface area contributed by atoms with Crippen molar-refractivity contribution in [2.24, 2.45) is 0 Å². The predicted octanol–water partition coefficient (Wildman–Crippen LogP) is 4.61. The van der Waals surface area contributed by atoms with Gasteiger partial charge in [0.05, 0.1) is 22.4 Å². The number of alkyl halides is 6. The molecule has 0 aromatic heterocycles. The summed E-state index contributed by atoms with van der Waals surface area (Å²) in [6.07, 6.45) is -10.2. The average molecular weight is 479 g/mol. The Kier molecular flexibility index (Phi) is 6.62. The molecule has 0 aliphatic rings. The van der Waals surface area contributed by atoms with Crippen LogP contribution in [0.1, 0.15) is 21.5 Å². The summed E-state index contributed by atoms with van der Waals surface area (Å²) in [4.78, 5) is 30.0. The highest BCUT2D eigenvalue weighted by molar-refractivity contribution is 7.46. The second kappa shape index (κ2) is 8.34. The van der Waals surface area contributed by atoms with Gasteiger partial charge in [0.2, 0.25) is 0 Å². The van der Waals surface area contributed by atoms with E-state index in [0.29, 0.717) is 12.1 Å². The third kappa shape index (κ3) is 6.52. The van der Waals surface area contributed by atoms with Crippen molar-refractivity contribution in [3.05, 3.63) is 58.1 Å². The largest absolute Gasteiger partial charge is 0.524 e. The Morgan fingerprint density at radius 3 is 1.97 bits per heavy atom. The fourth-order valence-corrected chi connectivity index (χ4v) is 2.70. The molecule has 2 aromatic rings. The summed E-state index contributed by atoms with van der Waals surface area (Å²) in [6.45, 7) is 0. The SMILES string of the molecule is O=C(NNc1cc(C(F)(F)F)cc(C(F)(F)F)c1)c1cc(Cl)ccc1OP(=O)(O)O. The molecule has 164 valence electrons. The molecular formula is C15H10ClF6N2O5P. The zero-order valence-electron chi connectivity index (χ0n) is 14.2. The van der Waals surface area contributed by atoms with Crippen LogP contribution in [0.5, 0.6) is 5.75 Å². The number of carbonyl (C=O) groups excluding carboxylic acids is 1. The van der Waals surface area contributed by atoms with E-state index in [4.69, 9.17) is 21.4 Å². The van der Waals surface area contributed by atoms with E-state index in [1.54, 1.807) is 0 Å². The van der Waals surface area contributed by atoms with Crippen molar-refractivity contribution in [2.75, 3.05) is 5.43 Å². The topological polar surface area (TPSA) is 108 Å². The van der Waals surface area contributed by atoms with Gasteiger partial charge in [-0.2, -0.15) is 26.3 Å². The number of phosphoric acid groups is 1. The number of nitrogens with one attached hydrogen (secondary N) is 2. The van der Waals surface area contributed by atoms with Crippen molar-refractivity contribution in [1.29, 1.82) is 0 Å². The number of benzene rings is 2. The molecule has 0 heterocycles. The van der Waals surface area contributed by atoms with Gasteiger partial charge in [0.15, 0.2) is 0 Å². The van der Waals surface area contributed by atoms with Crippen LogP contribution in [-0.4, -0.2) is 15.7 Å². The third-order valence-electron chi connectivity index (χ3n) is 3.31. The first-order valence-electron chi connectivity index (χ1n) is 7.47. The van der Waals surface area contributed by atoms with Gasteiger partial charge in [-0.25, -0.2) is 4.57 Å². The molecule has 4 N–H and O–H groups in total. The first-order valence-corrected chi connectivity index (χ1v) is 9.37. The molecular weight excluding hydrogens is 469 g/mol. The molecule has 0 spiro atoms. The van der Waals surface area contributed by atoms with Crippen molar-refractivity contribution in [1.82, 2.24) is 5.43 Å². The van der Waals surface area contributed by atoms with Crippen LogP contribution in [0.3, 0.4) is 0 Å². The number of anilines is 1. The molecule has 2 rings (SSSR count).